The first-order valence-corrected chi connectivity index (χ1v) is 2.27. The predicted molar refractivity (Wildman–Crippen MR) is 27.3 cm³/mol. The van der Waals surface area contributed by atoms with E-state index >= 15 is 0 Å². The van der Waals surface area contributed by atoms with Gasteiger partial charge in [-0.3, -0.25) is 0 Å². The van der Waals surface area contributed by atoms with Gasteiger partial charge in [-0.25, -0.2) is 0 Å². The van der Waals surface area contributed by atoms with Gasteiger partial charge in [0, 0.05) is 0 Å². The molecule has 0 bridgehead atoms. The summed E-state index contributed by atoms with van der Waals surface area (Å²) in [5.74, 6) is 0.179. The van der Waals surface area contributed by atoms with Crippen molar-refractivity contribution in [3.63, 3.8) is 0 Å². The number of alkyl halides is 1. The van der Waals surface area contributed by atoms with Gasteiger partial charge in [-0.15, -0.1) is 11.6 Å². The zero-order valence-electron chi connectivity index (χ0n) is 2.99. The van der Waals surface area contributed by atoms with Crippen molar-refractivity contribution in [3.8, 4) is 0 Å². The Morgan fingerprint density at radius 2 is 2.33 bits per heavy atom. The van der Waals surface area contributed by atoms with Crippen molar-refractivity contribution in [2.24, 2.45) is 0 Å². The molecule has 3 heteroatoms. The van der Waals surface area contributed by atoms with E-state index in [9.17, 15) is 0 Å². The minimum atomic E-state index is 0.179. The lowest BCUT2D eigenvalue weighted by Crippen LogP contribution is -1.67. The van der Waals surface area contributed by atoms with Crippen LogP contribution < -0.4 is 0 Å². The first-order valence-electron chi connectivity index (χ1n) is 1.36. The van der Waals surface area contributed by atoms with Crippen molar-refractivity contribution < 1.29 is 5.11 Å². The number of hydrogen-bond acceptors (Lipinski definition) is 1. The van der Waals surface area contributed by atoms with E-state index in [0.717, 1.165) is 6.26 Å². The van der Waals surface area contributed by atoms with Crippen LogP contribution in [0.5, 0.6) is 0 Å². The van der Waals surface area contributed by atoms with Gasteiger partial charge in [0.25, 0.3) is 0 Å². The van der Waals surface area contributed by atoms with Crippen molar-refractivity contribution in [2.75, 3.05) is 5.88 Å². The summed E-state index contributed by atoms with van der Waals surface area (Å²) < 4.78 is 0. The van der Waals surface area contributed by atoms with Gasteiger partial charge < -0.3 is 5.11 Å². The Kier molecular flexibility index (Phi) is 3.38. The molecule has 0 aliphatic rings. The van der Waals surface area contributed by atoms with Gasteiger partial charge in [-0.05, 0) is 0 Å². The molecule has 0 aromatic rings. The van der Waals surface area contributed by atoms with E-state index < -0.39 is 0 Å². The minimum absolute atomic E-state index is 0.179. The van der Waals surface area contributed by atoms with Gasteiger partial charge >= 0.3 is 0 Å². The van der Waals surface area contributed by atoms with Crippen LogP contribution in [-0.4, -0.2) is 11.0 Å². The zero-order valence-corrected chi connectivity index (χ0v) is 4.50. The molecule has 0 unspecified atom stereocenters. The van der Waals surface area contributed by atoms with E-state index in [1.165, 1.54) is 0 Å². The monoisotopic (exact) mass is 126 g/mol. The second kappa shape index (κ2) is 3.32. The fourth-order valence-electron chi connectivity index (χ4n) is 0.0345. The third kappa shape index (κ3) is 2.36. The number of hydrogen-bond donors (Lipinski definition) is 1. The average molecular weight is 127 g/mol. The van der Waals surface area contributed by atoms with Crippen molar-refractivity contribution in [3.05, 3.63) is 11.3 Å². The minimum Gasteiger partial charge on any atom is -0.514 e. The van der Waals surface area contributed by atoms with Crippen LogP contribution in [0, 0.1) is 0 Å². The summed E-state index contributed by atoms with van der Waals surface area (Å²) in [5, 5.41) is 8.22. The Hall–Kier alpha value is 0.120. The molecule has 0 aromatic heterocycles. The summed E-state index contributed by atoms with van der Waals surface area (Å²) in [6, 6.07) is 0. The third-order valence-corrected chi connectivity index (χ3v) is 0.924. The highest BCUT2D eigenvalue weighted by Crippen LogP contribution is 1.99. The number of aliphatic hydroxyl groups excluding tert-OH is 1. The van der Waals surface area contributed by atoms with Crippen molar-refractivity contribution in [2.45, 2.75) is 0 Å². The molecule has 0 rings (SSSR count). The summed E-state index contributed by atoms with van der Waals surface area (Å²) in [6.45, 7) is 0. The molecule has 0 radical (unpaired) electrons. The van der Waals surface area contributed by atoms with Crippen LogP contribution >= 0.6 is 23.2 Å². The van der Waals surface area contributed by atoms with Crippen LogP contribution in [0.1, 0.15) is 0 Å². The lowest BCUT2D eigenvalue weighted by atomic mass is 10.7. The first kappa shape index (κ1) is 6.12. The van der Waals surface area contributed by atoms with Crippen LogP contribution in [0.25, 0.3) is 0 Å². The molecular formula is C3H4Cl2O. The lowest BCUT2D eigenvalue weighted by molar-refractivity contribution is 0.471. The highest BCUT2D eigenvalue weighted by atomic mass is 35.5. The number of rotatable bonds is 1. The van der Waals surface area contributed by atoms with Gasteiger partial charge in [-0.2, -0.15) is 0 Å². The van der Waals surface area contributed by atoms with Gasteiger partial charge in [-0.1, -0.05) is 11.6 Å². The van der Waals surface area contributed by atoms with E-state index in [2.05, 4.69) is 0 Å². The molecular weight excluding hydrogens is 123 g/mol. The maximum atomic E-state index is 7.96. The van der Waals surface area contributed by atoms with Crippen molar-refractivity contribution in [1.82, 2.24) is 0 Å². The number of halogens is 2. The van der Waals surface area contributed by atoms with Gasteiger partial charge in [0.15, 0.2) is 0 Å². The maximum absolute atomic E-state index is 7.96. The zero-order chi connectivity index (χ0) is 4.99. The van der Waals surface area contributed by atoms with Crippen molar-refractivity contribution >= 4 is 23.2 Å². The molecule has 0 aliphatic carbocycles. The molecule has 0 saturated heterocycles. The normalized spacial score (nSPS) is 12.0. The van der Waals surface area contributed by atoms with Gasteiger partial charge in [0.2, 0.25) is 0 Å². The smallest absolute Gasteiger partial charge is 0.0949 e. The molecule has 1 N–H and O–H groups in total. The molecule has 36 valence electrons. The second-order valence-electron chi connectivity index (χ2n) is 0.710. The van der Waals surface area contributed by atoms with Crippen LogP contribution in [0.2, 0.25) is 0 Å². The Morgan fingerprint density at radius 3 is 2.33 bits per heavy atom. The molecule has 6 heavy (non-hydrogen) atoms. The Balaban J connectivity index is 3.22. The number of aliphatic hydroxyl groups is 1. The van der Waals surface area contributed by atoms with Crippen LogP contribution in [-0.2, 0) is 0 Å². The Morgan fingerprint density at radius 1 is 1.83 bits per heavy atom. The van der Waals surface area contributed by atoms with E-state index in [1.54, 1.807) is 0 Å². The largest absolute Gasteiger partial charge is 0.514 e. The predicted octanol–water partition coefficient (Wildman–Crippen LogP) is 1.86. The fourth-order valence-corrected chi connectivity index (χ4v) is 0.104. The summed E-state index contributed by atoms with van der Waals surface area (Å²) in [4.78, 5) is 0. The highest BCUT2D eigenvalue weighted by molar-refractivity contribution is 6.35. The molecule has 1 nitrogen and oxygen atoms in total. The summed E-state index contributed by atoms with van der Waals surface area (Å²) in [5.41, 5.74) is 0. The van der Waals surface area contributed by atoms with E-state index in [0.29, 0.717) is 0 Å². The van der Waals surface area contributed by atoms with Crippen LogP contribution in [0.3, 0.4) is 0 Å². The maximum Gasteiger partial charge on any atom is 0.0949 e. The molecule has 0 heterocycles. The standard InChI is InChI=1S/C3H4Cl2O/c4-1-3(5)2-6/h2,6H,1H2/b3-2+. The fraction of sp³-hybridized carbons (Fsp3) is 0.333. The molecule has 0 spiro atoms. The van der Waals surface area contributed by atoms with Crippen LogP contribution in [0.15, 0.2) is 11.3 Å². The molecule has 0 amide bonds. The Labute approximate surface area is 46.2 Å². The van der Waals surface area contributed by atoms with Gasteiger partial charge in [0.1, 0.15) is 0 Å². The summed E-state index contributed by atoms with van der Waals surface area (Å²) >= 11 is 10.2. The second-order valence-corrected chi connectivity index (χ2v) is 1.46. The van der Waals surface area contributed by atoms with Crippen molar-refractivity contribution in [1.29, 1.82) is 0 Å². The summed E-state index contributed by atoms with van der Waals surface area (Å²) in [7, 11) is 0. The molecule has 0 fully saturated rings. The Bertz CT molecular complexity index is 59.8. The molecule has 0 aliphatic heterocycles. The van der Waals surface area contributed by atoms with E-state index in [-0.39, 0.29) is 10.9 Å². The molecule has 0 atom stereocenters. The quantitative estimate of drug-likeness (QED) is 0.421. The average Bonchev–Trinajstić information content (AvgIpc) is 1.65. The topological polar surface area (TPSA) is 20.2 Å². The van der Waals surface area contributed by atoms with E-state index in [1.807, 2.05) is 0 Å². The highest BCUT2D eigenvalue weighted by Gasteiger charge is 1.81. The molecule has 0 aromatic carbocycles. The number of allylic oxidation sites excluding steroid dienone is 1. The molecule has 0 saturated carbocycles. The first-order chi connectivity index (χ1) is 2.81. The SMILES string of the molecule is O/C=C(/Cl)CCl. The van der Waals surface area contributed by atoms with E-state index in [4.69, 9.17) is 28.3 Å². The lowest BCUT2D eigenvalue weighted by Gasteiger charge is -1.78. The van der Waals surface area contributed by atoms with Gasteiger partial charge in [0.05, 0.1) is 17.2 Å². The third-order valence-electron chi connectivity index (χ3n) is 0.268. The van der Waals surface area contributed by atoms with Crippen LogP contribution in [0.4, 0.5) is 0 Å². The summed E-state index contributed by atoms with van der Waals surface area (Å²) in [6.07, 6.45) is 0.772.